The third kappa shape index (κ3) is 4.57. The lowest BCUT2D eigenvalue weighted by Gasteiger charge is -2.46. The largest absolute Gasteiger partial charge is 0.463 e. The first kappa shape index (κ1) is 26.3. The van der Waals surface area contributed by atoms with E-state index in [0.29, 0.717) is 37.7 Å². The van der Waals surface area contributed by atoms with Crippen molar-refractivity contribution in [1.29, 1.82) is 0 Å². The number of amides is 1. The smallest absolute Gasteiger partial charge is 0.336 e. The zero-order chi connectivity index (χ0) is 27.0. The minimum absolute atomic E-state index is 0.192. The molecule has 38 heavy (non-hydrogen) atoms. The predicted molar refractivity (Wildman–Crippen MR) is 151 cm³/mol. The van der Waals surface area contributed by atoms with Gasteiger partial charge in [-0.25, -0.2) is 9.80 Å². The van der Waals surface area contributed by atoms with E-state index in [2.05, 4.69) is 5.32 Å². The minimum Gasteiger partial charge on any atom is -0.463 e. The molecule has 0 saturated carbocycles. The maximum atomic E-state index is 14.2. The van der Waals surface area contributed by atoms with Crippen LogP contribution in [0.15, 0.2) is 89.2 Å². The number of hydrogen-bond donors (Lipinski definition) is 1. The third-order valence-electron chi connectivity index (χ3n) is 6.85. The molecule has 194 valence electrons. The predicted octanol–water partition coefficient (Wildman–Crippen LogP) is 6.75. The average Bonchev–Trinajstić information content (AvgIpc) is 3.29. The number of hydrazone groups is 1. The van der Waals surface area contributed by atoms with Crippen molar-refractivity contribution in [3.05, 3.63) is 110 Å². The van der Waals surface area contributed by atoms with Crippen LogP contribution < -0.4 is 10.3 Å². The number of benzene rings is 3. The number of nitrogens with one attached hydrogen (secondary N) is 1. The first-order chi connectivity index (χ1) is 18.2. The summed E-state index contributed by atoms with van der Waals surface area (Å²) < 4.78 is 5.48. The maximum Gasteiger partial charge on any atom is 0.336 e. The van der Waals surface area contributed by atoms with Gasteiger partial charge in [0.2, 0.25) is 0 Å². The van der Waals surface area contributed by atoms with Crippen LogP contribution in [0.25, 0.3) is 0 Å². The Hall–Kier alpha value is -3.32. The Bertz CT molecular complexity index is 1450. The van der Waals surface area contributed by atoms with Crippen LogP contribution in [0, 0.1) is 0 Å². The molecule has 2 aliphatic heterocycles. The zero-order valence-electron chi connectivity index (χ0n) is 20.7. The van der Waals surface area contributed by atoms with Crippen molar-refractivity contribution in [2.75, 3.05) is 11.6 Å². The fraction of sp³-hybridized carbons (Fsp3) is 0.207. The fourth-order valence-electron chi connectivity index (χ4n) is 5.16. The number of carbonyl (C=O) groups is 2. The van der Waals surface area contributed by atoms with Gasteiger partial charge in [0.05, 0.1) is 29.5 Å². The van der Waals surface area contributed by atoms with Crippen molar-refractivity contribution in [1.82, 2.24) is 5.32 Å². The number of carbonyl (C=O) groups excluding carboxylic acids is 2. The van der Waals surface area contributed by atoms with Crippen LogP contribution in [0.2, 0.25) is 15.1 Å². The Morgan fingerprint density at radius 2 is 1.53 bits per heavy atom. The summed E-state index contributed by atoms with van der Waals surface area (Å²) in [5.74, 6) is -1.51. The molecule has 1 spiro atoms. The van der Waals surface area contributed by atoms with Crippen molar-refractivity contribution >= 4 is 58.1 Å². The van der Waals surface area contributed by atoms with Gasteiger partial charge in [0.15, 0.2) is 5.54 Å². The highest BCUT2D eigenvalue weighted by atomic mass is 35.5. The average molecular weight is 569 g/mol. The minimum atomic E-state index is -1.34. The van der Waals surface area contributed by atoms with Crippen LogP contribution in [-0.2, 0) is 14.3 Å². The molecule has 2 heterocycles. The number of rotatable bonds is 5. The summed E-state index contributed by atoms with van der Waals surface area (Å²) in [4.78, 5) is 27.6. The van der Waals surface area contributed by atoms with E-state index in [9.17, 15) is 9.59 Å². The summed E-state index contributed by atoms with van der Waals surface area (Å²) in [5, 5.41) is 11.3. The van der Waals surface area contributed by atoms with Gasteiger partial charge < -0.3 is 10.1 Å². The number of hydrogen-bond acceptors (Lipinski definition) is 5. The van der Waals surface area contributed by atoms with Gasteiger partial charge in [0, 0.05) is 27.2 Å². The van der Waals surface area contributed by atoms with E-state index >= 15 is 0 Å². The highest BCUT2D eigenvalue weighted by molar-refractivity contribution is 6.31. The van der Waals surface area contributed by atoms with Crippen LogP contribution in [0.5, 0.6) is 0 Å². The van der Waals surface area contributed by atoms with Gasteiger partial charge in [-0.1, -0.05) is 59.1 Å². The SMILES string of the molecule is CCOC(=O)C1=C(C)NC(=O)[C@@]2(CC(c3ccc(Cl)cc3)=NN2c2ccc(Cl)cc2)[C@H]1c1ccc(Cl)cc1. The van der Waals surface area contributed by atoms with Crippen molar-refractivity contribution in [2.24, 2.45) is 5.10 Å². The molecular weight excluding hydrogens is 545 g/mol. The molecule has 6 nitrogen and oxygen atoms in total. The second-order valence-corrected chi connectivity index (χ2v) is 10.4. The first-order valence-electron chi connectivity index (χ1n) is 12.1. The van der Waals surface area contributed by atoms with E-state index in [-0.39, 0.29) is 18.9 Å². The molecule has 9 heteroatoms. The first-order valence-corrected chi connectivity index (χ1v) is 13.2. The molecular formula is C29H24Cl3N3O3. The van der Waals surface area contributed by atoms with Crippen LogP contribution in [-0.4, -0.2) is 29.7 Å². The van der Waals surface area contributed by atoms with Crippen LogP contribution in [0.1, 0.15) is 37.3 Å². The molecule has 3 aromatic rings. The summed E-state index contributed by atoms with van der Waals surface area (Å²) in [6.45, 7) is 3.65. The Morgan fingerprint density at radius 3 is 2.11 bits per heavy atom. The van der Waals surface area contributed by atoms with Gasteiger partial charge in [-0.2, -0.15) is 5.10 Å². The number of allylic oxidation sites excluding steroid dienone is 1. The van der Waals surface area contributed by atoms with Gasteiger partial charge in [0.1, 0.15) is 0 Å². The van der Waals surface area contributed by atoms with Crippen LogP contribution >= 0.6 is 34.8 Å². The summed E-state index contributed by atoms with van der Waals surface area (Å²) in [6, 6.07) is 21.6. The third-order valence-corrected chi connectivity index (χ3v) is 7.60. The fourth-order valence-corrected chi connectivity index (χ4v) is 5.54. The molecule has 0 aromatic heterocycles. The normalized spacial score (nSPS) is 21.0. The van der Waals surface area contributed by atoms with E-state index in [4.69, 9.17) is 44.6 Å². The van der Waals surface area contributed by atoms with Crippen molar-refractivity contribution < 1.29 is 14.3 Å². The van der Waals surface area contributed by atoms with Crippen LogP contribution in [0.3, 0.4) is 0 Å². The molecule has 0 saturated heterocycles. The molecule has 0 bridgehead atoms. The van der Waals surface area contributed by atoms with E-state index in [1.54, 1.807) is 67.4 Å². The van der Waals surface area contributed by atoms with E-state index < -0.39 is 17.4 Å². The molecule has 1 N–H and O–H groups in total. The molecule has 2 atom stereocenters. The Labute approximate surface area is 235 Å². The quantitative estimate of drug-likeness (QED) is 0.346. The summed E-state index contributed by atoms with van der Waals surface area (Å²) in [6.07, 6.45) is 0.215. The number of ether oxygens (including phenoxy) is 1. The number of nitrogens with zero attached hydrogens (tertiary/aromatic N) is 2. The molecule has 0 aliphatic carbocycles. The Kier molecular flexibility index (Phi) is 7.23. The molecule has 0 fully saturated rings. The Balaban J connectivity index is 1.77. The van der Waals surface area contributed by atoms with Gasteiger partial charge in [0.25, 0.3) is 5.91 Å². The molecule has 2 aliphatic rings. The van der Waals surface area contributed by atoms with Gasteiger partial charge in [-0.3, -0.25) is 4.79 Å². The summed E-state index contributed by atoms with van der Waals surface area (Å²) in [5.41, 5.74) is 2.34. The standard InChI is InChI=1S/C29H24Cl3N3O3/c1-3-38-27(36)25-17(2)33-28(37)29(26(25)19-6-10-21(31)11-7-19)16-24(18-4-8-20(30)9-5-18)34-35(29)23-14-12-22(32)13-15-23/h4-15,26H,3,16H2,1-2H3,(H,33,37)/t26-,29+/m0/s1. The monoisotopic (exact) mass is 567 g/mol. The van der Waals surface area contributed by atoms with Crippen molar-refractivity contribution in [2.45, 2.75) is 31.7 Å². The number of esters is 1. The number of anilines is 1. The summed E-state index contributed by atoms with van der Waals surface area (Å²) in [7, 11) is 0. The van der Waals surface area contributed by atoms with Crippen molar-refractivity contribution in [3.63, 3.8) is 0 Å². The highest BCUT2D eigenvalue weighted by Gasteiger charge is 2.60. The molecule has 5 rings (SSSR count). The lowest BCUT2D eigenvalue weighted by atomic mass is 9.68. The van der Waals surface area contributed by atoms with Gasteiger partial charge in [-0.15, -0.1) is 0 Å². The molecule has 3 aromatic carbocycles. The number of halogens is 3. The second-order valence-electron chi connectivity index (χ2n) is 9.14. The summed E-state index contributed by atoms with van der Waals surface area (Å²) >= 11 is 18.6. The second kappa shape index (κ2) is 10.4. The highest BCUT2D eigenvalue weighted by Crippen LogP contribution is 2.50. The molecule has 0 radical (unpaired) electrons. The van der Waals surface area contributed by atoms with Crippen LogP contribution in [0.4, 0.5) is 5.69 Å². The van der Waals surface area contributed by atoms with Gasteiger partial charge in [-0.05, 0) is 73.5 Å². The van der Waals surface area contributed by atoms with E-state index in [1.165, 1.54) is 0 Å². The molecule has 1 amide bonds. The lowest BCUT2D eigenvalue weighted by molar-refractivity contribution is -0.139. The van der Waals surface area contributed by atoms with Gasteiger partial charge >= 0.3 is 5.97 Å². The van der Waals surface area contributed by atoms with E-state index in [0.717, 1.165) is 11.1 Å². The molecule has 0 unspecified atom stereocenters. The van der Waals surface area contributed by atoms with Crippen molar-refractivity contribution in [3.8, 4) is 0 Å². The Morgan fingerprint density at radius 1 is 0.974 bits per heavy atom. The van der Waals surface area contributed by atoms with E-state index in [1.807, 2.05) is 24.3 Å². The zero-order valence-corrected chi connectivity index (χ0v) is 22.9. The topological polar surface area (TPSA) is 71.0 Å². The maximum absolute atomic E-state index is 14.2. The lowest BCUT2D eigenvalue weighted by Crippen LogP contribution is -2.62.